The first-order valence-corrected chi connectivity index (χ1v) is 17.2. The number of rotatable bonds is 9. The molecule has 0 bridgehead atoms. The van der Waals surface area contributed by atoms with Crippen LogP contribution in [0.4, 0.5) is 0 Å². The minimum atomic E-state index is -2.04. The van der Waals surface area contributed by atoms with Crippen molar-refractivity contribution in [3.8, 4) is 0 Å². The van der Waals surface area contributed by atoms with Crippen LogP contribution in [0.3, 0.4) is 0 Å². The van der Waals surface area contributed by atoms with Crippen LogP contribution in [0.5, 0.6) is 0 Å². The van der Waals surface area contributed by atoms with Crippen LogP contribution in [0.2, 0.25) is 36.3 Å². The van der Waals surface area contributed by atoms with E-state index in [0.717, 1.165) is 0 Å². The summed E-state index contributed by atoms with van der Waals surface area (Å²) < 4.78 is 28.9. The summed E-state index contributed by atoms with van der Waals surface area (Å²) in [5.74, 6) is 0. The lowest BCUT2D eigenvalue weighted by Crippen LogP contribution is -2.54. The Morgan fingerprint density at radius 1 is 0.929 bits per heavy atom. The summed E-state index contributed by atoms with van der Waals surface area (Å²) >= 11 is 0. The quantitative estimate of drug-likeness (QED) is 0.346. The van der Waals surface area contributed by atoms with Gasteiger partial charge in [-0.2, -0.15) is 0 Å². The Labute approximate surface area is 180 Å². The topological polar surface area (TPSA) is 47.6 Å². The van der Waals surface area contributed by atoms with Gasteiger partial charge in [-0.15, -0.1) is 6.58 Å². The summed E-state index contributed by atoms with van der Waals surface area (Å²) in [6, 6.07) is -0.237. The van der Waals surface area contributed by atoms with Gasteiger partial charge in [0.05, 0.1) is 34.5 Å². The van der Waals surface area contributed by atoms with Crippen molar-refractivity contribution in [3.63, 3.8) is 0 Å². The van der Waals surface area contributed by atoms with Gasteiger partial charge in [0.15, 0.2) is 16.6 Å². The highest BCUT2D eigenvalue weighted by Crippen LogP contribution is 2.39. The van der Waals surface area contributed by atoms with Crippen molar-refractivity contribution < 1.29 is 13.1 Å². The molecule has 0 aromatic rings. The normalized spacial score (nSPS) is 17.9. The monoisotopic (exact) mass is 449 g/mol. The van der Waals surface area contributed by atoms with Gasteiger partial charge in [0.1, 0.15) is 0 Å². The smallest absolute Gasteiger partial charge is 0.192 e. The first-order valence-electron chi connectivity index (χ1n) is 10.3. The number of hydrogen-bond donors (Lipinski definition) is 1. The van der Waals surface area contributed by atoms with Crippen molar-refractivity contribution in [1.29, 1.82) is 0 Å². The van der Waals surface area contributed by atoms with Crippen molar-refractivity contribution in [2.24, 2.45) is 0 Å². The Morgan fingerprint density at radius 2 is 1.36 bits per heavy atom. The van der Waals surface area contributed by atoms with E-state index in [-0.39, 0.29) is 27.0 Å². The van der Waals surface area contributed by atoms with E-state index in [1.165, 1.54) is 0 Å². The third-order valence-electron chi connectivity index (χ3n) is 6.12. The predicted octanol–water partition coefficient (Wildman–Crippen LogP) is 6.01. The highest BCUT2D eigenvalue weighted by molar-refractivity contribution is 7.84. The first kappa shape index (κ1) is 28.2. The second-order valence-corrected chi connectivity index (χ2v) is 23.3. The first-order chi connectivity index (χ1) is 12.2. The molecular weight excluding hydrogens is 402 g/mol. The fourth-order valence-corrected chi connectivity index (χ4v) is 5.04. The van der Waals surface area contributed by atoms with Crippen molar-refractivity contribution in [2.75, 3.05) is 6.61 Å². The van der Waals surface area contributed by atoms with Gasteiger partial charge < -0.3 is 8.85 Å². The second-order valence-electron chi connectivity index (χ2n) is 11.7. The van der Waals surface area contributed by atoms with Crippen LogP contribution in [0.15, 0.2) is 12.7 Å². The summed E-state index contributed by atoms with van der Waals surface area (Å²) in [5, 5.41) is 0.205. The number of hydrogen-bond acceptors (Lipinski definition) is 3. The van der Waals surface area contributed by atoms with E-state index in [4.69, 9.17) is 8.85 Å². The molecule has 0 radical (unpaired) electrons. The third kappa shape index (κ3) is 8.15. The van der Waals surface area contributed by atoms with Gasteiger partial charge in [0.2, 0.25) is 0 Å². The molecule has 0 aliphatic heterocycles. The lowest BCUT2D eigenvalue weighted by molar-refractivity contribution is 0.0941. The highest BCUT2D eigenvalue weighted by Gasteiger charge is 2.43. The van der Waals surface area contributed by atoms with Crippen LogP contribution in [0.25, 0.3) is 0 Å². The van der Waals surface area contributed by atoms with Gasteiger partial charge in [0.25, 0.3) is 0 Å². The average molecular weight is 450 g/mol. The minimum absolute atomic E-state index is 0.0805. The summed E-state index contributed by atoms with van der Waals surface area (Å²) in [6.45, 7) is 32.8. The Morgan fingerprint density at radius 3 is 1.68 bits per heavy atom. The SMILES string of the molecule is C=C[C@H](N[S@@](=O)C(C)(C)C)[C@H](CO[Si](C)(C)C(C)(C)C)O[Si](C)(C)C(C)(C)C. The Hall–Kier alpha value is 0.204. The maximum absolute atomic E-state index is 12.7. The predicted molar refractivity (Wildman–Crippen MR) is 130 cm³/mol. The van der Waals surface area contributed by atoms with E-state index < -0.39 is 27.6 Å². The maximum atomic E-state index is 12.7. The van der Waals surface area contributed by atoms with E-state index in [0.29, 0.717) is 6.61 Å². The summed E-state index contributed by atoms with van der Waals surface area (Å²) in [6.07, 6.45) is 1.59. The molecule has 168 valence electrons. The van der Waals surface area contributed by atoms with Crippen LogP contribution in [-0.2, 0) is 19.8 Å². The molecule has 0 saturated carbocycles. The van der Waals surface area contributed by atoms with Gasteiger partial charge in [-0.1, -0.05) is 47.6 Å². The Bertz CT molecular complexity index is 543. The zero-order valence-corrected chi connectivity index (χ0v) is 23.6. The molecule has 3 atom stereocenters. The molecule has 0 amide bonds. The molecule has 0 aromatic carbocycles. The molecule has 1 N–H and O–H groups in total. The lowest BCUT2D eigenvalue weighted by atomic mass is 10.2. The molecule has 0 aliphatic rings. The molecule has 0 aliphatic carbocycles. The molecule has 0 unspecified atom stereocenters. The Balaban J connectivity index is 5.71. The van der Waals surface area contributed by atoms with E-state index in [1.807, 2.05) is 26.8 Å². The van der Waals surface area contributed by atoms with Crippen molar-refractivity contribution in [2.45, 2.75) is 115 Å². The van der Waals surface area contributed by atoms with Crippen molar-refractivity contribution >= 4 is 27.6 Å². The summed E-state index contributed by atoms with van der Waals surface area (Å²) in [7, 11) is -5.17. The van der Waals surface area contributed by atoms with Crippen LogP contribution in [0.1, 0.15) is 62.3 Å². The molecule has 0 spiro atoms. The van der Waals surface area contributed by atoms with Gasteiger partial charge in [0, 0.05) is 0 Å². The zero-order valence-electron chi connectivity index (χ0n) is 20.8. The molecule has 0 rings (SSSR count). The second kappa shape index (κ2) is 9.56. The van der Waals surface area contributed by atoms with Crippen LogP contribution in [-0.4, -0.2) is 44.3 Å². The van der Waals surface area contributed by atoms with Gasteiger partial charge in [-0.05, 0) is 57.0 Å². The molecule has 7 heteroatoms. The van der Waals surface area contributed by atoms with Gasteiger partial charge >= 0.3 is 0 Å². The van der Waals surface area contributed by atoms with Crippen LogP contribution in [0, 0.1) is 0 Å². The van der Waals surface area contributed by atoms with E-state index in [2.05, 4.69) is 79.0 Å². The van der Waals surface area contributed by atoms with Crippen LogP contribution >= 0.6 is 0 Å². The largest absolute Gasteiger partial charge is 0.414 e. The number of nitrogens with one attached hydrogen (secondary N) is 1. The molecule has 4 nitrogen and oxygen atoms in total. The summed E-state index contributed by atoms with van der Waals surface area (Å²) in [5.41, 5.74) is 0. The van der Waals surface area contributed by atoms with E-state index in [9.17, 15) is 4.21 Å². The summed E-state index contributed by atoms with van der Waals surface area (Å²) in [4.78, 5) is 0. The van der Waals surface area contributed by atoms with Crippen molar-refractivity contribution in [1.82, 2.24) is 4.72 Å². The van der Waals surface area contributed by atoms with E-state index >= 15 is 0 Å². The average Bonchev–Trinajstić information content (AvgIpc) is 2.45. The van der Waals surface area contributed by atoms with Gasteiger partial charge in [-0.25, -0.2) is 8.93 Å². The molecule has 0 aromatic heterocycles. The fraction of sp³-hybridized carbons (Fsp3) is 0.905. The standard InChI is InChI=1S/C21H47NO3SSi2/c1-15-17(22-26(23)19(2,3)4)18(25-28(13,14)21(8,9)10)16-24-27(11,12)20(5,6)7/h15,17-18,22H,1,16H2,2-14H3/t17-,18-,26-/m0/s1. The highest BCUT2D eigenvalue weighted by atomic mass is 32.2. The molecule has 0 heterocycles. The zero-order chi connectivity index (χ0) is 22.8. The molecule has 0 saturated heterocycles. The maximum Gasteiger partial charge on any atom is 0.192 e. The molecular formula is C21H47NO3SSi2. The van der Waals surface area contributed by atoms with Gasteiger partial charge in [-0.3, -0.25) is 0 Å². The van der Waals surface area contributed by atoms with E-state index in [1.54, 1.807) is 0 Å². The Kier molecular flexibility index (Phi) is 9.63. The third-order valence-corrected chi connectivity index (χ3v) is 16.7. The fourth-order valence-electron chi connectivity index (χ4n) is 1.85. The van der Waals surface area contributed by atoms with Crippen molar-refractivity contribution in [3.05, 3.63) is 12.7 Å². The van der Waals surface area contributed by atoms with Crippen LogP contribution < -0.4 is 4.72 Å². The minimum Gasteiger partial charge on any atom is -0.414 e. The molecule has 28 heavy (non-hydrogen) atoms. The lowest BCUT2D eigenvalue weighted by Gasteiger charge is -2.43. The molecule has 0 fully saturated rings.